The summed E-state index contributed by atoms with van der Waals surface area (Å²) in [6, 6.07) is 2.06. The summed E-state index contributed by atoms with van der Waals surface area (Å²) in [4.78, 5) is 5.44. The second kappa shape index (κ2) is 4.87. The maximum atomic E-state index is 4.14. The van der Waals surface area contributed by atoms with Crippen LogP contribution in [0.2, 0.25) is 0 Å². The number of aryl methyl sites for hydroxylation is 1. The Bertz CT molecular complexity index is 397. The van der Waals surface area contributed by atoms with Crippen molar-refractivity contribution in [3.05, 3.63) is 32.9 Å². The van der Waals surface area contributed by atoms with Crippen molar-refractivity contribution in [1.82, 2.24) is 20.1 Å². The molecule has 0 bridgehead atoms. The highest BCUT2D eigenvalue weighted by molar-refractivity contribution is 9.10. The maximum Gasteiger partial charge on any atom is 0.140 e. The second-order valence-corrected chi connectivity index (χ2v) is 4.95. The van der Waals surface area contributed by atoms with E-state index in [1.165, 1.54) is 4.88 Å². The zero-order valence-corrected chi connectivity index (χ0v) is 10.7. The summed E-state index contributed by atoms with van der Waals surface area (Å²) in [6.45, 7) is 1.59. The van der Waals surface area contributed by atoms with Gasteiger partial charge in [0.15, 0.2) is 0 Å². The van der Waals surface area contributed by atoms with E-state index in [1.807, 2.05) is 7.05 Å². The minimum absolute atomic E-state index is 0.737. The van der Waals surface area contributed by atoms with E-state index in [0.717, 1.165) is 23.4 Å². The van der Waals surface area contributed by atoms with Gasteiger partial charge in [-0.1, -0.05) is 0 Å². The smallest absolute Gasteiger partial charge is 0.140 e. The van der Waals surface area contributed by atoms with E-state index in [9.17, 15) is 0 Å². The summed E-state index contributed by atoms with van der Waals surface area (Å²) in [7, 11) is 1.89. The average Bonchev–Trinajstić information content (AvgIpc) is 2.78. The molecule has 0 saturated carbocycles. The molecule has 0 aliphatic rings. The normalized spacial score (nSPS) is 10.8. The van der Waals surface area contributed by atoms with Crippen LogP contribution in [0.4, 0.5) is 0 Å². The van der Waals surface area contributed by atoms with Gasteiger partial charge >= 0.3 is 0 Å². The molecule has 0 unspecified atom stereocenters. The van der Waals surface area contributed by atoms with E-state index >= 15 is 0 Å². The molecule has 0 amide bonds. The van der Waals surface area contributed by atoms with Crippen LogP contribution in [0.15, 0.2) is 22.2 Å². The van der Waals surface area contributed by atoms with Crippen LogP contribution in [0.1, 0.15) is 10.7 Å². The van der Waals surface area contributed by atoms with Crippen molar-refractivity contribution in [1.29, 1.82) is 0 Å². The summed E-state index contributed by atoms with van der Waals surface area (Å²) in [6.07, 6.45) is 1.57. The van der Waals surface area contributed by atoms with E-state index in [0.29, 0.717) is 0 Å². The first-order valence-electron chi connectivity index (χ1n) is 4.53. The lowest BCUT2D eigenvalue weighted by molar-refractivity contribution is 0.617. The molecule has 0 aliphatic carbocycles. The zero-order chi connectivity index (χ0) is 10.7. The third kappa shape index (κ3) is 2.64. The summed E-state index contributed by atoms with van der Waals surface area (Å²) < 4.78 is 2.94. The molecular formula is C9H11BrN4S. The van der Waals surface area contributed by atoms with Crippen LogP contribution in [-0.2, 0) is 20.1 Å². The van der Waals surface area contributed by atoms with Crippen LogP contribution >= 0.6 is 27.3 Å². The van der Waals surface area contributed by atoms with Crippen molar-refractivity contribution in [3.63, 3.8) is 0 Å². The molecule has 2 aromatic rings. The molecule has 0 atom stereocenters. The van der Waals surface area contributed by atoms with Gasteiger partial charge in [0.05, 0.1) is 6.54 Å². The number of thiophene rings is 1. The number of nitrogens with one attached hydrogen (secondary N) is 1. The van der Waals surface area contributed by atoms with Crippen LogP contribution < -0.4 is 5.32 Å². The average molecular weight is 287 g/mol. The maximum absolute atomic E-state index is 4.14. The fraction of sp³-hybridized carbons (Fsp3) is 0.333. The lowest BCUT2D eigenvalue weighted by Crippen LogP contribution is -2.15. The number of rotatable bonds is 4. The first-order valence-corrected chi connectivity index (χ1v) is 6.20. The van der Waals surface area contributed by atoms with Crippen LogP contribution in [0, 0.1) is 0 Å². The molecule has 0 aromatic carbocycles. The first kappa shape index (κ1) is 10.8. The minimum atomic E-state index is 0.737. The minimum Gasteiger partial charge on any atom is -0.305 e. The van der Waals surface area contributed by atoms with Crippen molar-refractivity contribution >= 4 is 27.3 Å². The van der Waals surface area contributed by atoms with Gasteiger partial charge in [0, 0.05) is 22.9 Å². The van der Waals surface area contributed by atoms with E-state index < -0.39 is 0 Å². The molecule has 6 heteroatoms. The fourth-order valence-corrected chi connectivity index (χ4v) is 2.68. The monoisotopic (exact) mass is 286 g/mol. The number of hydrogen-bond acceptors (Lipinski definition) is 4. The van der Waals surface area contributed by atoms with E-state index in [4.69, 9.17) is 0 Å². The van der Waals surface area contributed by atoms with Crippen molar-refractivity contribution < 1.29 is 0 Å². The highest BCUT2D eigenvalue weighted by atomic mass is 79.9. The van der Waals surface area contributed by atoms with Crippen LogP contribution in [0.25, 0.3) is 0 Å². The molecule has 0 spiro atoms. The highest BCUT2D eigenvalue weighted by Gasteiger charge is 2.02. The first-order chi connectivity index (χ1) is 7.27. The molecule has 0 fully saturated rings. The van der Waals surface area contributed by atoms with E-state index in [2.05, 4.69) is 42.8 Å². The molecule has 1 N–H and O–H groups in total. The van der Waals surface area contributed by atoms with Crippen molar-refractivity contribution in [2.75, 3.05) is 0 Å². The van der Waals surface area contributed by atoms with Gasteiger partial charge in [-0.3, -0.25) is 4.68 Å². The predicted molar refractivity (Wildman–Crippen MR) is 63.6 cm³/mol. The highest BCUT2D eigenvalue weighted by Crippen LogP contribution is 2.22. The van der Waals surface area contributed by atoms with Gasteiger partial charge in [-0.25, -0.2) is 4.98 Å². The summed E-state index contributed by atoms with van der Waals surface area (Å²) >= 11 is 5.24. The van der Waals surface area contributed by atoms with Crippen molar-refractivity contribution in [2.45, 2.75) is 13.1 Å². The lowest BCUT2D eigenvalue weighted by atomic mass is 10.4. The summed E-state index contributed by atoms with van der Waals surface area (Å²) in [5.41, 5.74) is 0. The molecule has 0 aliphatic heterocycles. The zero-order valence-electron chi connectivity index (χ0n) is 8.27. The number of nitrogens with zero attached hydrogens (tertiary/aromatic N) is 3. The van der Waals surface area contributed by atoms with E-state index in [-0.39, 0.29) is 0 Å². The largest absolute Gasteiger partial charge is 0.305 e. The Balaban J connectivity index is 1.86. The summed E-state index contributed by atoms with van der Waals surface area (Å²) in [5, 5.41) is 9.41. The van der Waals surface area contributed by atoms with Gasteiger partial charge in [0.1, 0.15) is 12.2 Å². The predicted octanol–water partition coefficient (Wildman–Crippen LogP) is 1.93. The van der Waals surface area contributed by atoms with Gasteiger partial charge in [0.2, 0.25) is 0 Å². The van der Waals surface area contributed by atoms with Gasteiger partial charge in [-0.05, 0) is 27.4 Å². The molecular weight excluding hydrogens is 276 g/mol. The molecule has 2 aromatic heterocycles. The SMILES string of the molecule is Cn1ncnc1CNCc1sccc1Br. The van der Waals surface area contributed by atoms with Crippen LogP contribution in [-0.4, -0.2) is 14.8 Å². The Morgan fingerprint density at radius 3 is 3.00 bits per heavy atom. The van der Waals surface area contributed by atoms with Crippen LogP contribution in [0.5, 0.6) is 0 Å². The van der Waals surface area contributed by atoms with Gasteiger partial charge in [-0.15, -0.1) is 11.3 Å². The number of halogens is 1. The third-order valence-electron chi connectivity index (χ3n) is 2.06. The van der Waals surface area contributed by atoms with Gasteiger partial charge in [-0.2, -0.15) is 5.10 Å². The molecule has 15 heavy (non-hydrogen) atoms. The Labute approximate surface area is 100 Å². The summed E-state index contributed by atoms with van der Waals surface area (Å²) in [5.74, 6) is 0.947. The van der Waals surface area contributed by atoms with Crippen molar-refractivity contribution in [3.8, 4) is 0 Å². The van der Waals surface area contributed by atoms with Crippen LogP contribution in [0.3, 0.4) is 0 Å². The molecule has 4 nitrogen and oxygen atoms in total. The second-order valence-electron chi connectivity index (χ2n) is 3.10. The van der Waals surface area contributed by atoms with E-state index in [1.54, 1.807) is 22.3 Å². The third-order valence-corrected chi connectivity index (χ3v) is 3.99. The van der Waals surface area contributed by atoms with Gasteiger partial charge < -0.3 is 5.32 Å². The van der Waals surface area contributed by atoms with Crippen molar-refractivity contribution in [2.24, 2.45) is 7.05 Å². The Kier molecular flexibility index (Phi) is 3.50. The fourth-order valence-electron chi connectivity index (χ4n) is 1.22. The molecule has 0 saturated heterocycles. The Hall–Kier alpha value is -0.720. The number of hydrogen-bond donors (Lipinski definition) is 1. The van der Waals surface area contributed by atoms with Gasteiger partial charge in [0.25, 0.3) is 0 Å². The molecule has 2 heterocycles. The molecule has 2 rings (SSSR count). The standard InChI is InChI=1S/C9H11BrN4S/c1-14-9(12-6-13-14)5-11-4-8-7(10)2-3-15-8/h2-3,6,11H,4-5H2,1H3. The molecule has 0 radical (unpaired) electrons. The number of aromatic nitrogens is 3. The topological polar surface area (TPSA) is 42.7 Å². The Morgan fingerprint density at radius 1 is 1.53 bits per heavy atom. The molecule has 80 valence electrons. The Morgan fingerprint density at radius 2 is 2.40 bits per heavy atom. The quantitative estimate of drug-likeness (QED) is 0.934. The lowest BCUT2D eigenvalue weighted by Gasteiger charge is -2.02.